The molecule has 0 saturated carbocycles. The molecule has 2 N–H and O–H groups in total. The van der Waals surface area contributed by atoms with E-state index in [1.54, 1.807) is 19.9 Å². The molecule has 2 rings (SSSR count). The molecule has 4 heteroatoms. The first kappa shape index (κ1) is 36.7. The fourth-order valence-corrected chi connectivity index (χ4v) is 5.86. The van der Waals surface area contributed by atoms with E-state index in [0.29, 0.717) is 17.6 Å². The van der Waals surface area contributed by atoms with Crippen LogP contribution in [0.25, 0.3) is 0 Å². The molecule has 2 atom stereocenters. The third kappa shape index (κ3) is 10.3. The van der Waals surface area contributed by atoms with Gasteiger partial charge < -0.3 is 10.2 Å². The predicted octanol–water partition coefficient (Wildman–Crippen LogP) is 8.58. The van der Waals surface area contributed by atoms with E-state index in [2.05, 4.69) is 32.6 Å². The van der Waals surface area contributed by atoms with Gasteiger partial charge in [0, 0.05) is 29.2 Å². The van der Waals surface area contributed by atoms with Gasteiger partial charge in [0.15, 0.2) is 11.6 Å². The molecule has 0 amide bonds. The van der Waals surface area contributed by atoms with Crippen LogP contribution in [0.5, 0.6) is 0 Å². The van der Waals surface area contributed by atoms with E-state index in [0.717, 1.165) is 28.7 Å². The summed E-state index contributed by atoms with van der Waals surface area (Å²) in [6.45, 7) is 19.5. The quantitative estimate of drug-likeness (QED) is 0.159. The Morgan fingerprint density at radius 2 is 1.50 bits per heavy atom. The highest BCUT2D eigenvalue weighted by molar-refractivity contribution is 5.97. The molecule has 0 aromatic carbocycles. The largest absolute Gasteiger partial charge is 0.393 e. The molecule has 0 bridgehead atoms. The minimum Gasteiger partial charge on any atom is -0.393 e. The summed E-state index contributed by atoms with van der Waals surface area (Å²) in [5, 5.41) is 21.4. The van der Waals surface area contributed by atoms with Gasteiger partial charge in [-0.3, -0.25) is 9.59 Å². The average molecular weight is 597 g/mol. The zero-order valence-corrected chi connectivity index (χ0v) is 28.5. The Kier molecular flexibility index (Phi) is 12.9. The number of ketones is 2. The van der Waals surface area contributed by atoms with Gasteiger partial charge in [0.25, 0.3) is 0 Å². The molecule has 0 spiro atoms. The van der Waals surface area contributed by atoms with Crippen LogP contribution in [0, 0.1) is 22.7 Å². The molecular formula is C40H52O4. The van der Waals surface area contributed by atoms with Crippen molar-refractivity contribution in [2.45, 2.75) is 107 Å². The van der Waals surface area contributed by atoms with Crippen molar-refractivity contribution in [1.29, 1.82) is 0 Å². The van der Waals surface area contributed by atoms with E-state index < -0.39 is 11.0 Å². The third-order valence-corrected chi connectivity index (χ3v) is 8.64. The van der Waals surface area contributed by atoms with Crippen molar-refractivity contribution in [3.63, 3.8) is 0 Å². The minimum absolute atomic E-state index is 0.0161. The lowest BCUT2D eigenvalue weighted by Gasteiger charge is -2.45. The highest BCUT2D eigenvalue weighted by atomic mass is 16.3. The molecule has 0 aromatic rings. The van der Waals surface area contributed by atoms with Gasteiger partial charge in [0.1, 0.15) is 0 Å². The zero-order valence-electron chi connectivity index (χ0n) is 28.5. The van der Waals surface area contributed by atoms with Gasteiger partial charge in [-0.15, -0.1) is 0 Å². The lowest BCUT2D eigenvalue weighted by molar-refractivity contribution is -0.132. The standard InChI is InChI=1S/C40H52O4/c1-28(17-13-18-30(3)21-22-36-32(5)23-34(41)25-38(36,7)8)15-11-12-16-29(2)19-14-20-31(4)37(43)27-40(44)33(6)24-35(42)26-39(40,9)10/h11-20,24,34,41,44H,23,25-27H2,1-10H3/b12-11+,17-13+,19-14+,28-15+,29-16+,30-18+,31-20+/t34-,40+/m0/s1. The average Bonchev–Trinajstić information content (AvgIpc) is 2.88. The molecule has 236 valence electrons. The third-order valence-electron chi connectivity index (χ3n) is 8.64. The van der Waals surface area contributed by atoms with E-state index >= 15 is 0 Å². The van der Waals surface area contributed by atoms with Crippen molar-refractivity contribution in [3.8, 4) is 11.8 Å². The van der Waals surface area contributed by atoms with Crippen LogP contribution < -0.4 is 0 Å². The fraction of sp³-hybridized carbons (Fsp3) is 0.450. The lowest BCUT2D eigenvalue weighted by atomic mass is 9.62. The van der Waals surface area contributed by atoms with Crippen molar-refractivity contribution in [3.05, 3.63) is 106 Å². The van der Waals surface area contributed by atoms with Crippen LogP contribution in [-0.2, 0) is 9.59 Å². The fourth-order valence-electron chi connectivity index (χ4n) is 5.86. The van der Waals surface area contributed by atoms with E-state index in [9.17, 15) is 19.8 Å². The first-order chi connectivity index (χ1) is 20.4. The Labute approximate surface area is 266 Å². The van der Waals surface area contributed by atoms with Gasteiger partial charge in [-0.2, -0.15) is 0 Å². The summed E-state index contributed by atoms with van der Waals surface area (Å²) < 4.78 is 0. The van der Waals surface area contributed by atoms with Crippen LogP contribution in [0.1, 0.15) is 94.9 Å². The van der Waals surface area contributed by atoms with Crippen molar-refractivity contribution < 1.29 is 19.8 Å². The number of aliphatic hydroxyl groups excluding tert-OH is 1. The molecular weight excluding hydrogens is 544 g/mol. The number of Topliss-reactive ketones (excluding diaryl/α,β-unsaturated/α-hetero) is 1. The first-order valence-corrected chi connectivity index (χ1v) is 15.5. The maximum Gasteiger partial charge on any atom is 0.161 e. The molecule has 44 heavy (non-hydrogen) atoms. The Morgan fingerprint density at radius 1 is 0.932 bits per heavy atom. The second-order valence-electron chi connectivity index (χ2n) is 13.8. The number of carbonyl (C=O) groups excluding carboxylic acids is 2. The second kappa shape index (κ2) is 15.5. The molecule has 2 aliphatic carbocycles. The lowest BCUT2D eigenvalue weighted by Crippen LogP contribution is -2.50. The molecule has 0 aliphatic heterocycles. The topological polar surface area (TPSA) is 74.6 Å². The molecule has 4 nitrogen and oxygen atoms in total. The molecule has 0 fully saturated rings. The smallest absolute Gasteiger partial charge is 0.161 e. The summed E-state index contributed by atoms with van der Waals surface area (Å²) in [5.74, 6) is 6.48. The molecule has 0 unspecified atom stereocenters. The van der Waals surface area contributed by atoms with E-state index in [1.165, 1.54) is 11.6 Å². The van der Waals surface area contributed by atoms with Gasteiger partial charge in [0.05, 0.1) is 11.7 Å². The van der Waals surface area contributed by atoms with Crippen LogP contribution in [0.4, 0.5) is 0 Å². The monoisotopic (exact) mass is 596 g/mol. The number of rotatable bonds is 9. The van der Waals surface area contributed by atoms with Crippen LogP contribution in [-0.4, -0.2) is 33.5 Å². The normalized spacial score (nSPS) is 25.1. The summed E-state index contributed by atoms with van der Waals surface area (Å²) in [6.07, 6.45) is 22.4. The molecule has 0 radical (unpaired) electrons. The zero-order chi connectivity index (χ0) is 33.3. The van der Waals surface area contributed by atoms with Gasteiger partial charge >= 0.3 is 0 Å². The van der Waals surface area contributed by atoms with E-state index in [1.807, 2.05) is 89.3 Å². The van der Waals surface area contributed by atoms with E-state index in [-0.39, 0.29) is 35.9 Å². The number of hydrogen-bond acceptors (Lipinski definition) is 4. The number of aliphatic hydroxyl groups is 2. The summed E-state index contributed by atoms with van der Waals surface area (Å²) in [7, 11) is 0. The summed E-state index contributed by atoms with van der Waals surface area (Å²) >= 11 is 0. The van der Waals surface area contributed by atoms with Gasteiger partial charge in [-0.1, -0.05) is 117 Å². The van der Waals surface area contributed by atoms with Crippen LogP contribution in [0.15, 0.2) is 106 Å². The highest BCUT2D eigenvalue weighted by Gasteiger charge is 2.49. The van der Waals surface area contributed by atoms with Gasteiger partial charge in [-0.05, 0) is 77.2 Å². The Bertz CT molecular complexity index is 1460. The second-order valence-corrected chi connectivity index (χ2v) is 13.8. The number of allylic oxidation sites excluding steroid dienone is 16. The van der Waals surface area contributed by atoms with Crippen molar-refractivity contribution >= 4 is 11.6 Å². The SMILES string of the molecule is CC1=CC(=O)CC(C)(C)[C@@]1(O)CC(=O)/C(C)=C/C=C/C(C)=C/C=C/C=C(C)/C=C/C=C(\C)C#CC1=C(C)C[C@H](O)CC1(C)C. The maximum atomic E-state index is 12.9. The maximum absolute atomic E-state index is 12.9. The summed E-state index contributed by atoms with van der Waals surface area (Å²) in [6, 6.07) is 0. The van der Waals surface area contributed by atoms with Crippen LogP contribution >= 0.6 is 0 Å². The van der Waals surface area contributed by atoms with Gasteiger partial charge in [0.2, 0.25) is 0 Å². The van der Waals surface area contributed by atoms with Crippen molar-refractivity contribution in [1.82, 2.24) is 0 Å². The Balaban J connectivity index is 1.95. The molecule has 0 aromatic heterocycles. The molecule has 2 aliphatic rings. The Hall–Kier alpha value is -3.52. The summed E-state index contributed by atoms with van der Waals surface area (Å²) in [5.41, 5.74) is 4.41. The molecule has 0 saturated heterocycles. The van der Waals surface area contributed by atoms with Crippen LogP contribution in [0.3, 0.4) is 0 Å². The number of hydrogen-bond donors (Lipinski definition) is 2. The van der Waals surface area contributed by atoms with Crippen molar-refractivity contribution in [2.75, 3.05) is 0 Å². The van der Waals surface area contributed by atoms with Crippen molar-refractivity contribution in [2.24, 2.45) is 10.8 Å². The van der Waals surface area contributed by atoms with E-state index in [4.69, 9.17) is 0 Å². The van der Waals surface area contributed by atoms with Crippen LogP contribution in [0.2, 0.25) is 0 Å². The van der Waals surface area contributed by atoms with Gasteiger partial charge in [-0.25, -0.2) is 0 Å². The highest BCUT2D eigenvalue weighted by Crippen LogP contribution is 2.45. The predicted molar refractivity (Wildman–Crippen MR) is 184 cm³/mol. The minimum atomic E-state index is -1.34. The number of carbonyl (C=O) groups is 2. The first-order valence-electron chi connectivity index (χ1n) is 15.5. The summed E-state index contributed by atoms with van der Waals surface area (Å²) in [4.78, 5) is 24.9. The molecule has 0 heterocycles. The Morgan fingerprint density at radius 3 is 2.05 bits per heavy atom.